The lowest BCUT2D eigenvalue weighted by Gasteiger charge is -2.38. The minimum atomic E-state index is -0.542. The number of methoxy groups -OCH3 is 2. The molecule has 6 rings (SSSR count). The van der Waals surface area contributed by atoms with E-state index in [0.717, 1.165) is 16.9 Å². The molecule has 4 aromatic carbocycles. The minimum Gasteiger partial charge on any atom is -0.497 e. The molecule has 3 N–H and O–H groups in total. The fourth-order valence-corrected chi connectivity index (χ4v) is 4.88. The number of benzene rings is 4. The van der Waals surface area contributed by atoms with Crippen molar-refractivity contribution in [3.63, 3.8) is 0 Å². The molecule has 0 bridgehead atoms. The van der Waals surface area contributed by atoms with Crippen molar-refractivity contribution in [2.24, 2.45) is 0 Å². The van der Waals surface area contributed by atoms with Crippen LogP contribution in [0.3, 0.4) is 0 Å². The monoisotopic (exact) mass is 605 g/mol. The predicted molar refractivity (Wildman–Crippen MR) is 168 cm³/mol. The first kappa shape index (κ1) is 29.1. The number of nitrogens with one attached hydrogen (secondary N) is 3. The number of ether oxygens (including phenoxy) is 3. The van der Waals surface area contributed by atoms with Crippen LogP contribution in [0.1, 0.15) is 27.8 Å². The third kappa shape index (κ3) is 6.64. The molecule has 1 aliphatic heterocycles. The van der Waals surface area contributed by atoms with Crippen LogP contribution < -0.4 is 30.3 Å². The van der Waals surface area contributed by atoms with E-state index >= 15 is 0 Å². The average Bonchev–Trinajstić information content (AvgIpc) is 3.52. The Morgan fingerprint density at radius 2 is 1.67 bits per heavy atom. The molecule has 0 saturated carbocycles. The molecule has 0 fully saturated rings. The maximum absolute atomic E-state index is 13.6. The Morgan fingerprint density at radius 1 is 0.889 bits per heavy atom. The fraction of sp³-hybridized carbons (Fsp3) is 0.152. The van der Waals surface area contributed by atoms with Crippen molar-refractivity contribution in [1.29, 1.82) is 0 Å². The highest BCUT2D eigenvalue weighted by molar-refractivity contribution is 6.02. The van der Waals surface area contributed by atoms with Crippen LogP contribution >= 0.6 is 0 Å². The first-order chi connectivity index (χ1) is 22.0. The van der Waals surface area contributed by atoms with Gasteiger partial charge in [-0.3, -0.25) is 15.0 Å². The van der Waals surface area contributed by atoms with Gasteiger partial charge in [0.2, 0.25) is 5.91 Å². The number of hydrogen-bond donors (Lipinski definition) is 3. The van der Waals surface area contributed by atoms with E-state index in [0.29, 0.717) is 34.2 Å². The number of para-hydroxylation sites is 2. The summed E-state index contributed by atoms with van der Waals surface area (Å²) in [6.45, 7) is 0.0891. The molecule has 1 unspecified atom stereocenters. The molecule has 1 atom stereocenters. The maximum atomic E-state index is 13.6. The third-order valence-electron chi connectivity index (χ3n) is 7.09. The van der Waals surface area contributed by atoms with E-state index in [4.69, 9.17) is 14.2 Å². The highest BCUT2D eigenvalue weighted by Crippen LogP contribution is 2.37. The summed E-state index contributed by atoms with van der Waals surface area (Å²) in [6, 6.07) is 29.4. The van der Waals surface area contributed by atoms with Crippen LogP contribution in [0.25, 0.3) is 0 Å². The lowest BCUT2D eigenvalue weighted by molar-refractivity contribution is -0.116. The zero-order chi connectivity index (χ0) is 31.2. The quantitative estimate of drug-likeness (QED) is 0.188. The van der Waals surface area contributed by atoms with Gasteiger partial charge < -0.3 is 24.8 Å². The summed E-state index contributed by atoms with van der Waals surface area (Å²) in [5.74, 6) is 1.25. The van der Waals surface area contributed by atoms with Gasteiger partial charge in [0.25, 0.3) is 5.91 Å². The molecular formula is C33H31N7O5. The van der Waals surface area contributed by atoms with E-state index in [-0.39, 0.29) is 25.0 Å². The number of carbonyl (C=O) groups excluding carboxylic acids is 2. The van der Waals surface area contributed by atoms with E-state index in [1.807, 2.05) is 60.7 Å². The average molecular weight is 606 g/mol. The van der Waals surface area contributed by atoms with Crippen molar-refractivity contribution < 1.29 is 23.8 Å². The van der Waals surface area contributed by atoms with Gasteiger partial charge in [-0.1, -0.05) is 41.6 Å². The number of rotatable bonds is 11. The first-order valence-electron chi connectivity index (χ1n) is 14.1. The summed E-state index contributed by atoms with van der Waals surface area (Å²) >= 11 is 0. The normalized spacial score (nSPS) is 13.8. The van der Waals surface area contributed by atoms with Crippen molar-refractivity contribution in [3.8, 4) is 17.2 Å². The molecule has 12 heteroatoms. The van der Waals surface area contributed by atoms with Gasteiger partial charge in [0.15, 0.2) is 11.5 Å². The van der Waals surface area contributed by atoms with E-state index in [1.54, 1.807) is 61.8 Å². The van der Waals surface area contributed by atoms with Gasteiger partial charge in [-0.15, -0.1) is 5.10 Å². The molecule has 12 nitrogen and oxygen atoms in total. The van der Waals surface area contributed by atoms with Gasteiger partial charge in [0.05, 0.1) is 31.7 Å². The predicted octanol–water partition coefficient (Wildman–Crippen LogP) is 5.11. The van der Waals surface area contributed by atoms with Crippen LogP contribution in [0.5, 0.6) is 17.2 Å². The Morgan fingerprint density at radius 3 is 2.44 bits per heavy atom. The zero-order valence-corrected chi connectivity index (χ0v) is 24.6. The standard InChI is InChI=1S/C33H31N7O5/c1-43-26-15-13-23(14-16-26)34-31(41)20-39-19-25(36-38-39)21-45-29-17-12-22(18-30(29)44-2)32-35-28-11-7-6-10-27(28)33(42)40(32)37-24-8-4-3-5-9-24/h3-19,32,35,37H,20-21H2,1-2H3,(H,34,41). The van der Waals surface area contributed by atoms with Crippen LogP contribution in [-0.2, 0) is 17.9 Å². The van der Waals surface area contributed by atoms with Crippen LogP contribution in [0, 0.1) is 0 Å². The van der Waals surface area contributed by atoms with E-state index < -0.39 is 6.17 Å². The van der Waals surface area contributed by atoms with Gasteiger partial charge in [-0.2, -0.15) is 0 Å². The second-order valence-electron chi connectivity index (χ2n) is 10.1. The molecule has 0 aliphatic carbocycles. The largest absolute Gasteiger partial charge is 0.497 e. The molecule has 0 saturated heterocycles. The zero-order valence-electron chi connectivity index (χ0n) is 24.6. The topological polar surface area (TPSA) is 132 Å². The van der Waals surface area contributed by atoms with Crippen LogP contribution in [0.15, 0.2) is 103 Å². The summed E-state index contributed by atoms with van der Waals surface area (Å²) in [5, 5.41) is 16.0. The lowest BCUT2D eigenvalue weighted by Crippen LogP contribution is -2.46. The third-order valence-corrected chi connectivity index (χ3v) is 7.09. The summed E-state index contributed by atoms with van der Waals surface area (Å²) in [4.78, 5) is 26.1. The van der Waals surface area contributed by atoms with Crippen molar-refractivity contribution in [3.05, 3.63) is 120 Å². The first-order valence-corrected chi connectivity index (χ1v) is 14.1. The van der Waals surface area contributed by atoms with Gasteiger partial charge in [-0.25, -0.2) is 9.69 Å². The molecule has 228 valence electrons. The van der Waals surface area contributed by atoms with E-state index in [2.05, 4.69) is 26.4 Å². The number of hydrazine groups is 1. The highest BCUT2D eigenvalue weighted by Gasteiger charge is 2.34. The van der Waals surface area contributed by atoms with Crippen LogP contribution in [0.2, 0.25) is 0 Å². The SMILES string of the molecule is COc1ccc(NC(=O)Cn2cc(COc3ccc(C4Nc5ccccc5C(=O)N4Nc4ccccc4)cc3OC)nn2)cc1. The molecule has 0 radical (unpaired) electrons. The number of fused-ring (bicyclic) bond motifs is 1. The van der Waals surface area contributed by atoms with Crippen molar-refractivity contribution in [2.75, 3.05) is 30.3 Å². The summed E-state index contributed by atoms with van der Waals surface area (Å²) in [6.07, 6.45) is 1.11. The molecule has 5 aromatic rings. The Labute approximate surface area is 259 Å². The van der Waals surface area contributed by atoms with Crippen molar-refractivity contribution in [2.45, 2.75) is 19.3 Å². The number of amides is 2. The molecule has 0 spiro atoms. The maximum Gasteiger partial charge on any atom is 0.276 e. The molecule has 1 aliphatic rings. The Hall–Kier alpha value is -6.04. The Kier molecular flexibility index (Phi) is 8.45. The van der Waals surface area contributed by atoms with Gasteiger partial charge in [0.1, 0.15) is 30.8 Å². The molecule has 1 aromatic heterocycles. The molecular weight excluding hydrogens is 574 g/mol. The minimum absolute atomic E-state index is 0.0131. The molecule has 2 heterocycles. The number of nitrogens with zero attached hydrogens (tertiary/aromatic N) is 4. The van der Waals surface area contributed by atoms with E-state index in [1.165, 1.54) is 4.68 Å². The second-order valence-corrected chi connectivity index (χ2v) is 10.1. The summed E-state index contributed by atoms with van der Waals surface area (Å²) in [5.41, 5.74) is 7.29. The second kappa shape index (κ2) is 13.1. The van der Waals surface area contributed by atoms with Gasteiger partial charge in [-0.05, 0) is 60.7 Å². The number of carbonyl (C=O) groups is 2. The smallest absolute Gasteiger partial charge is 0.276 e. The Bertz CT molecular complexity index is 1790. The van der Waals surface area contributed by atoms with Gasteiger partial charge in [0, 0.05) is 16.9 Å². The van der Waals surface area contributed by atoms with Crippen LogP contribution in [0.4, 0.5) is 17.1 Å². The van der Waals surface area contributed by atoms with Crippen LogP contribution in [-0.4, -0.2) is 46.0 Å². The highest BCUT2D eigenvalue weighted by atomic mass is 16.5. The summed E-state index contributed by atoms with van der Waals surface area (Å²) in [7, 11) is 3.14. The number of hydrogen-bond acceptors (Lipinski definition) is 9. The number of aromatic nitrogens is 3. The van der Waals surface area contributed by atoms with Crippen molar-refractivity contribution >= 4 is 28.9 Å². The number of anilines is 3. The molecule has 2 amide bonds. The van der Waals surface area contributed by atoms with Gasteiger partial charge >= 0.3 is 0 Å². The lowest BCUT2D eigenvalue weighted by atomic mass is 10.0. The Balaban J connectivity index is 1.13. The molecule has 45 heavy (non-hydrogen) atoms. The fourth-order valence-electron chi connectivity index (χ4n) is 4.88. The summed E-state index contributed by atoms with van der Waals surface area (Å²) < 4.78 is 18.3. The van der Waals surface area contributed by atoms with Crippen molar-refractivity contribution in [1.82, 2.24) is 20.0 Å². The van der Waals surface area contributed by atoms with E-state index in [9.17, 15) is 9.59 Å².